The lowest BCUT2D eigenvalue weighted by molar-refractivity contribution is 0.0157. The van der Waals surface area contributed by atoms with E-state index in [0.717, 1.165) is 15.3 Å². The van der Waals surface area contributed by atoms with Gasteiger partial charge in [0, 0.05) is 16.3 Å². The number of thiophene rings is 1. The Kier molecular flexibility index (Phi) is 6.58. The predicted molar refractivity (Wildman–Crippen MR) is 89.3 cm³/mol. The molecule has 23 heavy (non-hydrogen) atoms. The normalized spacial score (nSPS) is 13.3. The highest BCUT2D eigenvalue weighted by molar-refractivity contribution is 7.12. The van der Waals surface area contributed by atoms with Crippen molar-refractivity contribution in [3.05, 3.63) is 57.8 Å². The number of aliphatic hydroxyl groups excluding tert-OH is 2. The monoisotopic (exact) mass is 335 g/mol. The number of benzene rings is 1. The van der Waals surface area contributed by atoms with Gasteiger partial charge in [0.1, 0.15) is 12.7 Å². The van der Waals surface area contributed by atoms with Crippen LogP contribution in [0.5, 0.6) is 0 Å². The maximum absolute atomic E-state index is 11.6. The minimum atomic E-state index is -0.934. The number of nitrogens with one attached hydrogen (secondary N) is 1. The third-order valence-corrected chi connectivity index (χ3v) is 4.41. The zero-order valence-electron chi connectivity index (χ0n) is 12.9. The molecule has 0 saturated heterocycles. The van der Waals surface area contributed by atoms with Crippen molar-refractivity contribution in [2.45, 2.75) is 32.2 Å². The minimum absolute atomic E-state index is 0.201. The largest absolute Gasteiger partial charge is 0.445 e. The van der Waals surface area contributed by atoms with E-state index in [2.05, 4.69) is 5.32 Å². The average Bonchev–Trinajstić information content (AvgIpc) is 2.99. The molecule has 3 N–H and O–H groups in total. The van der Waals surface area contributed by atoms with Gasteiger partial charge in [0.05, 0.1) is 6.10 Å². The molecule has 1 amide bonds. The number of hydrogen-bond acceptors (Lipinski definition) is 5. The van der Waals surface area contributed by atoms with Crippen molar-refractivity contribution < 1.29 is 19.7 Å². The van der Waals surface area contributed by atoms with Gasteiger partial charge >= 0.3 is 6.09 Å². The first kappa shape index (κ1) is 17.5. The average molecular weight is 335 g/mol. The molecule has 0 saturated carbocycles. The Bertz CT molecular complexity index is 614. The highest BCUT2D eigenvalue weighted by atomic mass is 32.1. The molecule has 5 nitrogen and oxygen atoms in total. The summed E-state index contributed by atoms with van der Waals surface area (Å²) >= 11 is 1.45. The second-order valence-electron chi connectivity index (χ2n) is 5.24. The summed E-state index contributed by atoms with van der Waals surface area (Å²) in [4.78, 5) is 13.4. The quantitative estimate of drug-likeness (QED) is 0.727. The second kappa shape index (κ2) is 8.67. The van der Waals surface area contributed by atoms with Crippen LogP contribution in [0.4, 0.5) is 4.79 Å². The molecule has 2 rings (SSSR count). The Morgan fingerprint density at radius 1 is 1.22 bits per heavy atom. The summed E-state index contributed by atoms with van der Waals surface area (Å²) in [6.07, 6.45) is -2.15. The first-order chi connectivity index (χ1) is 11.1. The number of ether oxygens (including phenoxy) is 1. The fourth-order valence-corrected chi connectivity index (χ4v) is 2.98. The van der Waals surface area contributed by atoms with Crippen molar-refractivity contribution in [1.82, 2.24) is 5.32 Å². The molecule has 2 atom stereocenters. The maximum Gasteiger partial charge on any atom is 0.407 e. The third-order valence-electron chi connectivity index (χ3n) is 3.34. The van der Waals surface area contributed by atoms with E-state index in [9.17, 15) is 15.0 Å². The second-order valence-corrected chi connectivity index (χ2v) is 6.56. The maximum atomic E-state index is 11.6. The van der Waals surface area contributed by atoms with Crippen molar-refractivity contribution in [1.29, 1.82) is 0 Å². The van der Waals surface area contributed by atoms with Gasteiger partial charge in [-0.1, -0.05) is 30.3 Å². The number of carbonyl (C=O) groups is 1. The van der Waals surface area contributed by atoms with E-state index in [1.807, 2.05) is 43.3 Å². The summed E-state index contributed by atoms with van der Waals surface area (Å²) in [5, 5.41) is 22.6. The van der Waals surface area contributed by atoms with Gasteiger partial charge in [-0.25, -0.2) is 4.79 Å². The van der Waals surface area contributed by atoms with Crippen LogP contribution < -0.4 is 5.32 Å². The van der Waals surface area contributed by atoms with Crippen LogP contribution in [0.25, 0.3) is 0 Å². The van der Waals surface area contributed by atoms with Crippen LogP contribution in [0.15, 0.2) is 42.5 Å². The molecule has 0 spiro atoms. The number of alkyl carbamates (subject to hydrolysis) is 1. The van der Waals surface area contributed by atoms with Crippen LogP contribution in [0.2, 0.25) is 0 Å². The lowest BCUT2D eigenvalue weighted by Crippen LogP contribution is -2.29. The molecule has 1 aromatic heterocycles. The van der Waals surface area contributed by atoms with Crippen molar-refractivity contribution in [2.75, 3.05) is 6.54 Å². The van der Waals surface area contributed by atoms with E-state index in [1.54, 1.807) is 6.07 Å². The highest BCUT2D eigenvalue weighted by Gasteiger charge is 2.19. The number of hydrogen-bond donors (Lipinski definition) is 3. The number of amides is 1. The first-order valence-electron chi connectivity index (χ1n) is 7.43. The topological polar surface area (TPSA) is 78.8 Å². The van der Waals surface area contributed by atoms with Gasteiger partial charge in [-0.05, 0) is 31.0 Å². The molecule has 2 unspecified atom stereocenters. The third kappa shape index (κ3) is 5.67. The van der Waals surface area contributed by atoms with Gasteiger partial charge in [0.15, 0.2) is 0 Å². The molecule has 0 fully saturated rings. The number of aryl methyl sites for hydroxylation is 1. The molecular weight excluding hydrogens is 314 g/mol. The Hall–Kier alpha value is -1.89. The van der Waals surface area contributed by atoms with Crippen molar-refractivity contribution in [2.24, 2.45) is 0 Å². The number of carbonyl (C=O) groups excluding carboxylic acids is 1. The van der Waals surface area contributed by atoms with Crippen LogP contribution >= 0.6 is 11.3 Å². The van der Waals surface area contributed by atoms with E-state index >= 15 is 0 Å². The van der Waals surface area contributed by atoms with E-state index in [4.69, 9.17) is 4.74 Å². The summed E-state index contributed by atoms with van der Waals surface area (Å²) in [5.41, 5.74) is 0.908. The van der Waals surface area contributed by atoms with E-state index in [0.29, 0.717) is 0 Å². The predicted octanol–water partition coefficient (Wildman–Crippen LogP) is 2.77. The fourth-order valence-electron chi connectivity index (χ4n) is 2.06. The molecule has 1 heterocycles. The Balaban J connectivity index is 1.66. The molecule has 2 aromatic rings. The van der Waals surface area contributed by atoms with Gasteiger partial charge in [0.2, 0.25) is 0 Å². The van der Waals surface area contributed by atoms with Gasteiger partial charge in [-0.15, -0.1) is 11.3 Å². The summed E-state index contributed by atoms with van der Waals surface area (Å²) < 4.78 is 5.07. The molecule has 124 valence electrons. The van der Waals surface area contributed by atoms with Crippen molar-refractivity contribution in [3.63, 3.8) is 0 Å². The van der Waals surface area contributed by atoms with Crippen LogP contribution in [0.1, 0.15) is 27.8 Å². The molecule has 1 aromatic carbocycles. The minimum Gasteiger partial charge on any atom is -0.445 e. The molecule has 0 radical (unpaired) electrons. The fraction of sp³-hybridized carbons (Fsp3) is 0.353. The SMILES string of the molecule is Cc1ccc(C(O)C(O)CCNC(=O)OCc2ccccc2)s1. The Labute approximate surface area is 139 Å². The van der Waals surface area contributed by atoms with Crippen LogP contribution in [0, 0.1) is 6.92 Å². The molecule has 0 aliphatic rings. The molecular formula is C17H21NO4S. The zero-order chi connectivity index (χ0) is 16.7. The van der Waals surface area contributed by atoms with Crippen molar-refractivity contribution >= 4 is 17.4 Å². The first-order valence-corrected chi connectivity index (χ1v) is 8.25. The van der Waals surface area contributed by atoms with Crippen LogP contribution in [-0.2, 0) is 11.3 Å². The summed E-state index contributed by atoms with van der Waals surface area (Å²) in [6, 6.07) is 13.1. The molecule has 0 bridgehead atoms. The van der Waals surface area contributed by atoms with Crippen molar-refractivity contribution in [3.8, 4) is 0 Å². The lowest BCUT2D eigenvalue weighted by Gasteiger charge is -2.16. The van der Waals surface area contributed by atoms with Crippen LogP contribution in [-0.4, -0.2) is 29.0 Å². The highest BCUT2D eigenvalue weighted by Crippen LogP contribution is 2.26. The standard InChI is InChI=1S/C17H21NO4S/c1-12-7-8-15(23-12)16(20)14(19)9-10-18-17(21)22-11-13-5-3-2-4-6-13/h2-8,14,16,19-20H,9-11H2,1H3,(H,18,21). The molecule has 0 aliphatic carbocycles. The van der Waals surface area contributed by atoms with Gasteiger partial charge in [-0.2, -0.15) is 0 Å². The smallest absolute Gasteiger partial charge is 0.407 e. The van der Waals surface area contributed by atoms with Crippen LogP contribution in [0.3, 0.4) is 0 Å². The number of aliphatic hydroxyl groups is 2. The number of rotatable bonds is 7. The Morgan fingerprint density at radius 2 is 1.96 bits per heavy atom. The van der Waals surface area contributed by atoms with Gasteiger partial charge in [-0.3, -0.25) is 0 Å². The Morgan fingerprint density at radius 3 is 2.61 bits per heavy atom. The summed E-state index contributed by atoms with van der Waals surface area (Å²) in [5.74, 6) is 0. The zero-order valence-corrected chi connectivity index (χ0v) is 13.8. The van der Waals surface area contributed by atoms with E-state index < -0.39 is 18.3 Å². The molecule has 0 aliphatic heterocycles. The summed E-state index contributed by atoms with van der Waals surface area (Å²) in [7, 11) is 0. The van der Waals surface area contributed by atoms with E-state index in [1.165, 1.54) is 11.3 Å². The summed E-state index contributed by atoms with van der Waals surface area (Å²) in [6.45, 7) is 2.38. The van der Waals surface area contributed by atoms with Gasteiger partial charge in [0.25, 0.3) is 0 Å². The molecule has 6 heteroatoms. The van der Waals surface area contributed by atoms with E-state index in [-0.39, 0.29) is 19.6 Å². The lowest BCUT2D eigenvalue weighted by atomic mass is 10.1. The van der Waals surface area contributed by atoms with Gasteiger partial charge < -0.3 is 20.3 Å².